The summed E-state index contributed by atoms with van der Waals surface area (Å²) in [7, 11) is 0. The molecule has 0 saturated heterocycles. The molecule has 1 aromatic heterocycles. The zero-order valence-electron chi connectivity index (χ0n) is 13.0. The first-order valence-corrected chi connectivity index (χ1v) is 8.57. The molecular formula is C17H19BrN4O. The van der Waals surface area contributed by atoms with Gasteiger partial charge < -0.3 is 10.6 Å². The third-order valence-electron chi connectivity index (χ3n) is 3.98. The number of aryl methyl sites for hydroxylation is 1. The van der Waals surface area contributed by atoms with Crippen molar-refractivity contribution in [2.45, 2.75) is 38.6 Å². The highest BCUT2D eigenvalue weighted by molar-refractivity contribution is 9.10. The summed E-state index contributed by atoms with van der Waals surface area (Å²) >= 11 is 3.53. The lowest BCUT2D eigenvalue weighted by Crippen LogP contribution is -2.33. The van der Waals surface area contributed by atoms with Crippen LogP contribution in [0, 0.1) is 6.92 Å². The molecule has 6 heteroatoms. The average molecular weight is 375 g/mol. The van der Waals surface area contributed by atoms with Gasteiger partial charge in [-0.15, -0.1) is 0 Å². The van der Waals surface area contributed by atoms with E-state index in [2.05, 4.69) is 36.5 Å². The molecular weight excluding hydrogens is 356 g/mol. The van der Waals surface area contributed by atoms with E-state index in [1.54, 1.807) is 6.07 Å². The Balaban J connectivity index is 1.72. The van der Waals surface area contributed by atoms with Gasteiger partial charge in [-0.05, 0) is 53.4 Å². The van der Waals surface area contributed by atoms with Crippen LogP contribution in [-0.2, 0) is 0 Å². The highest BCUT2D eigenvalue weighted by Gasteiger charge is 2.19. The summed E-state index contributed by atoms with van der Waals surface area (Å²) in [6.45, 7) is 2.03. The smallest absolute Gasteiger partial charge is 0.270 e. The third kappa shape index (κ3) is 4.07. The minimum absolute atomic E-state index is 0.134. The molecule has 1 amide bonds. The molecule has 1 fully saturated rings. The van der Waals surface area contributed by atoms with Crippen LogP contribution in [0.3, 0.4) is 0 Å². The largest absolute Gasteiger partial charge is 0.348 e. The summed E-state index contributed by atoms with van der Waals surface area (Å²) in [5.74, 6) is 0.464. The number of hydrogen-bond acceptors (Lipinski definition) is 4. The highest BCUT2D eigenvalue weighted by atomic mass is 79.9. The van der Waals surface area contributed by atoms with Crippen LogP contribution >= 0.6 is 15.9 Å². The summed E-state index contributed by atoms with van der Waals surface area (Å²) < 4.78 is 0.952. The number of nitrogens with zero attached hydrogens (tertiary/aromatic N) is 2. The molecule has 120 valence electrons. The number of hydrogen-bond donors (Lipinski definition) is 2. The average Bonchev–Trinajstić information content (AvgIpc) is 3.03. The Bertz CT molecular complexity index is 713. The van der Waals surface area contributed by atoms with Gasteiger partial charge in [0.05, 0.1) is 5.69 Å². The molecule has 1 aliphatic carbocycles. The van der Waals surface area contributed by atoms with Crippen molar-refractivity contribution in [1.29, 1.82) is 0 Å². The van der Waals surface area contributed by atoms with E-state index in [1.807, 2.05) is 25.1 Å². The second-order valence-corrected chi connectivity index (χ2v) is 6.71. The van der Waals surface area contributed by atoms with E-state index in [0.717, 1.165) is 23.0 Å². The van der Waals surface area contributed by atoms with Gasteiger partial charge in [-0.2, -0.15) is 0 Å². The lowest BCUT2D eigenvalue weighted by molar-refractivity contribution is 0.0932. The quantitative estimate of drug-likeness (QED) is 0.849. The third-order valence-corrected chi connectivity index (χ3v) is 4.63. The van der Waals surface area contributed by atoms with Gasteiger partial charge in [0.1, 0.15) is 17.8 Å². The number of aromatic nitrogens is 2. The summed E-state index contributed by atoms with van der Waals surface area (Å²) in [6, 6.07) is 7.97. The van der Waals surface area contributed by atoms with Gasteiger partial charge in [0.2, 0.25) is 0 Å². The second kappa shape index (κ2) is 7.08. The van der Waals surface area contributed by atoms with Crippen molar-refractivity contribution in [3.63, 3.8) is 0 Å². The number of carbonyl (C=O) groups is 1. The van der Waals surface area contributed by atoms with Crippen LogP contribution in [-0.4, -0.2) is 21.9 Å². The first kappa shape index (κ1) is 15.9. The molecule has 2 aromatic rings. The number of halogens is 1. The van der Waals surface area contributed by atoms with Crippen molar-refractivity contribution in [3.8, 4) is 0 Å². The maximum absolute atomic E-state index is 12.3. The van der Waals surface area contributed by atoms with Gasteiger partial charge in [-0.3, -0.25) is 4.79 Å². The Labute approximate surface area is 144 Å². The molecule has 2 N–H and O–H groups in total. The maximum atomic E-state index is 12.3. The van der Waals surface area contributed by atoms with E-state index < -0.39 is 0 Å². The molecule has 0 atom stereocenters. The van der Waals surface area contributed by atoms with Gasteiger partial charge in [0, 0.05) is 16.6 Å². The van der Waals surface area contributed by atoms with Crippen LogP contribution < -0.4 is 10.6 Å². The van der Waals surface area contributed by atoms with Gasteiger partial charge in [-0.1, -0.05) is 18.9 Å². The highest BCUT2D eigenvalue weighted by Crippen LogP contribution is 2.26. The van der Waals surface area contributed by atoms with E-state index >= 15 is 0 Å². The second-order valence-electron chi connectivity index (χ2n) is 5.85. The molecule has 1 saturated carbocycles. The minimum atomic E-state index is -0.134. The number of amides is 1. The molecule has 5 nitrogen and oxygen atoms in total. The lowest BCUT2D eigenvalue weighted by Gasteiger charge is -2.12. The Hall–Kier alpha value is -1.95. The first-order chi connectivity index (χ1) is 11.1. The number of rotatable bonds is 4. The molecule has 0 spiro atoms. The topological polar surface area (TPSA) is 66.9 Å². The predicted octanol–water partition coefficient (Wildman–Crippen LogP) is 3.96. The fraction of sp³-hybridized carbons (Fsp3) is 0.353. The molecule has 0 bridgehead atoms. The summed E-state index contributed by atoms with van der Waals surface area (Å²) in [5.41, 5.74) is 2.45. The van der Waals surface area contributed by atoms with Gasteiger partial charge in [0.25, 0.3) is 5.91 Å². The summed E-state index contributed by atoms with van der Waals surface area (Å²) in [6.07, 6.45) is 5.89. The van der Waals surface area contributed by atoms with Crippen LogP contribution in [0.5, 0.6) is 0 Å². The number of carbonyl (C=O) groups excluding carboxylic acids is 1. The van der Waals surface area contributed by atoms with E-state index in [0.29, 0.717) is 11.5 Å². The van der Waals surface area contributed by atoms with Crippen LogP contribution in [0.4, 0.5) is 11.5 Å². The molecule has 1 aliphatic rings. The summed E-state index contributed by atoms with van der Waals surface area (Å²) in [5, 5.41) is 6.25. The van der Waals surface area contributed by atoms with Crippen molar-refractivity contribution < 1.29 is 4.79 Å². The number of benzene rings is 1. The molecule has 1 aromatic carbocycles. The van der Waals surface area contributed by atoms with Gasteiger partial charge in [0.15, 0.2) is 0 Å². The minimum Gasteiger partial charge on any atom is -0.348 e. The van der Waals surface area contributed by atoms with Crippen LogP contribution in [0.15, 0.2) is 35.1 Å². The molecule has 23 heavy (non-hydrogen) atoms. The molecule has 1 heterocycles. The zero-order chi connectivity index (χ0) is 16.2. The van der Waals surface area contributed by atoms with E-state index in [-0.39, 0.29) is 11.9 Å². The van der Waals surface area contributed by atoms with E-state index in [9.17, 15) is 4.79 Å². The van der Waals surface area contributed by atoms with E-state index in [1.165, 1.54) is 24.7 Å². The van der Waals surface area contributed by atoms with Crippen molar-refractivity contribution in [2.75, 3.05) is 5.32 Å². The van der Waals surface area contributed by atoms with Gasteiger partial charge >= 0.3 is 0 Å². The molecule has 3 rings (SSSR count). The fourth-order valence-electron chi connectivity index (χ4n) is 2.74. The molecule has 0 aliphatic heterocycles. The zero-order valence-corrected chi connectivity index (χ0v) is 14.6. The van der Waals surface area contributed by atoms with Crippen LogP contribution in [0.1, 0.15) is 41.7 Å². The van der Waals surface area contributed by atoms with Crippen molar-refractivity contribution >= 4 is 33.3 Å². The van der Waals surface area contributed by atoms with Crippen LogP contribution in [0.2, 0.25) is 0 Å². The summed E-state index contributed by atoms with van der Waals surface area (Å²) in [4.78, 5) is 20.6. The Morgan fingerprint density at radius 1 is 1.22 bits per heavy atom. The normalized spacial score (nSPS) is 14.7. The van der Waals surface area contributed by atoms with Crippen molar-refractivity contribution in [3.05, 3.63) is 46.3 Å². The first-order valence-electron chi connectivity index (χ1n) is 7.78. The van der Waals surface area contributed by atoms with E-state index in [4.69, 9.17) is 0 Å². The standard InChI is InChI=1S/C17H19BrN4O/c1-11-6-7-14(13(18)8-11)22-16-9-15(19-10-20-16)17(23)21-12-4-2-3-5-12/h6-10,12H,2-5H2,1H3,(H,21,23)(H,19,20,22). The predicted molar refractivity (Wildman–Crippen MR) is 93.9 cm³/mol. The van der Waals surface area contributed by atoms with Crippen LogP contribution in [0.25, 0.3) is 0 Å². The van der Waals surface area contributed by atoms with Crippen molar-refractivity contribution in [2.24, 2.45) is 0 Å². The number of nitrogens with one attached hydrogen (secondary N) is 2. The fourth-order valence-corrected chi connectivity index (χ4v) is 3.33. The SMILES string of the molecule is Cc1ccc(Nc2cc(C(=O)NC3CCCC3)ncn2)c(Br)c1. The Morgan fingerprint density at radius 3 is 2.74 bits per heavy atom. The molecule has 0 radical (unpaired) electrons. The monoisotopic (exact) mass is 374 g/mol. The Morgan fingerprint density at radius 2 is 2.00 bits per heavy atom. The van der Waals surface area contributed by atoms with Gasteiger partial charge in [-0.25, -0.2) is 9.97 Å². The lowest BCUT2D eigenvalue weighted by atomic mass is 10.2. The van der Waals surface area contributed by atoms with Crippen molar-refractivity contribution in [1.82, 2.24) is 15.3 Å². The number of anilines is 2. The molecule has 0 unspecified atom stereocenters. The Kier molecular flexibility index (Phi) is 4.91. The maximum Gasteiger partial charge on any atom is 0.270 e.